The van der Waals surface area contributed by atoms with Crippen LogP contribution in [0.25, 0.3) is 0 Å². The van der Waals surface area contributed by atoms with Crippen LogP contribution in [-0.2, 0) is 20.6 Å². The average Bonchev–Trinajstić information content (AvgIpc) is 2.61. The van der Waals surface area contributed by atoms with E-state index >= 15 is 0 Å². The second-order valence-corrected chi connectivity index (χ2v) is 6.09. The maximum Gasteiger partial charge on any atom is 0.332 e. The zero-order valence-corrected chi connectivity index (χ0v) is 15.3. The highest BCUT2D eigenvalue weighted by atomic mass is 16.2. The molecule has 0 aliphatic rings. The molecule has 7 nitrogen and oxygen atoms in total. The molecule has 0 spiro atoms. The third kappa shape index (κ3) is 3.43. The Kier molecular flexibility index (Phi) is 5.32. The van der Waals surface area contributed by atoms with Crippen molar-refractivity contribution in [1.82, 2.24) is 9.13 Å². The topological polar surface area (TPSA) is 74.3 Å². The Morgan fingerprint density at radius 3 is 2.16 bits per heavy atom. The highest BCUT2D eigenvalue weighted by molar-refractivity contribution is 5.54. The molecule has 1 aromatic carbocycles. The Bertz CT molecular complexity index is 917. The van der Waals surface area contributed by atoms with Crippen LogP contribution in [0.5, 0.6) is 0 Å². The van der Waals surface area contributed by atoms with Gasteiger partial charge in [-0.05, 0) is 24.6 Å². The van der Waals surface area contributed by atoms with E-state index in [9.17, 15) is 14.9 Å². The van der Waals surface area contributed by atoms with Crippen molar-refractivity contribution in [2.75, 3.05) is 30.4 Å². The Morgan fingerprint density at radius 2 is 1.68 bits per heavy atom. The summed E-state index contributed by atoms with van der Waals surface area (Å²) >= 11 is 0. The van der Waals surface area contributed by atoms with Gasteiger partial charge < -0.3 is 9.80 Å². The van der Waals surface area contributed by atoms with Crippen molar-refractivity contribution in [2.24, 2.45) is 14.1 Å². The standard InChI is InChI=1S/C18H23N5O2/c1-6-23(12-13-7-9-14(10-8-13)20(2)3)16-15(11-19)17(24)22(5)18(25)21(16)4/h7-10H,6,12H2,1-5H3. The number of nitrogens with zero attached hydrogens (tertiary/aromatic N) is 5. The highest BCUT2D eigenvalue weighted by Crippen LogP contribution is 2.19. The maximum absolute atomic E-state index is 12.3. The summed E-state index contributed by atoms with van der Waals surface area (Å²) in [4.78, 5) is 28.4. The molecule has 0 amide bonds. The van der Waals surface area contributed by atoms with Crippen LogP contribution in [0.15, 0.2) is 33.9 Å². The van der Waals surface area contributed by atoms with E-state index in [1.165, 1.54) is 11.6 Å². The number of aromatic nitrogens is 2. The Morgan fingerprint density at radius 1 is 1.08 bits per heavy atom. The molecule has 0 atom stereocenters. The van der Waals surface area contributed by atoms with Crippen LogP contribution in [0.2, 0.25) is 0 Å². The molecular formula is C18H23N5O2. The van der Waals surface area contributed by atoms with Crippen LogP contribution in [0.3, 0.4) is 0 Å². The van der Waals surface area contributed by atoms with Crippen molar-refractivity contribution < 1.29 is 0 Å². The van der Waals surface area contributed by atoms with E-state index in [1.807, 2.05) is 61.2 Å². The molecule has 7 heteroatoms. The monoisotopic (exact) mass is 341 g/mol. The lowest BCUT2D eigenvalue weighted by Gasteiger charge is -2.26. The van der Waals surface area contributed by atoms with Crippen LogP contribution < -0.4 is 21.0 Å². The second-order valence-electron chi connectivity index (χ2n) is 6.09. The molecule has 0 unspecified atom stereocenters. The zero-order chi connectivity index (χ0) is 18.7. The van der Waals surface area contributed by atoms with Crippen LogP contribution in [0.4, 0.5) is 11.5 Å². The minimum Gasteiger partial charge on any atom is -0.378 e. The molecule has 0 saturated carbocycles. The normalized spacial score (nSPS) is 10.4. The first kappa shape index (κ1) is 18.3. The van der Waals surface area contributed by atoms with E-state index in [-0.39, 0.29) is 5.56 Å². The average molecular weight is 341 g/mol. The number of benzene rings is 1. The summed E-state index contributed by atoms with van der Waals surface area (Å²) in [6.07, 6.45) is 0. The summed E-state index contributed by atoms with van der Waals surface area (Å²) in [7, 11) is 6.91. The number of nitriles is 1. The molecule has 132 valence electrons. The predicted octanol–water partition coefficient (Wildman–Crippen LogP) is 1.05. The maximum atomic E-state index is 12.3. The summed E-state index contributed by atoms with van der Waals surface area (Å²) in [5, 5.41) is 9.44. The van der Waals surface area contributed by atoms with Gasteiger partial charge in [0.1, 0.15) is 11.9 Å². The number of anilines is 2. The molecule has 0 radical (unpaired) electrons. The molecule has 1 aromatic heterocycles. The third-order valence-electron chi connectivity index (χ3n) is 4.25. The zero-order valence-electron chi connectivity index (χ0n) is 15.3. The first-order valence-electron chi connectivity index (χ1n) is 8.03. The summed E-state index contributed by atoms with van der Waals surface area (Å²) in [6, 6.07) is 9.98. The fourth-order valence-electron chi connectivity index (χ4n) is 2.76. The molecule has 2 rings (SSSR count). The van der Waals surface area contributed by atoms with E-state index in [1.54, 1.807) is 7.05 Å². The van der Waals surface area contributed by atoms with Gasteiger partial charge in [-0.1, -0.05) is 12.1 Å². The minimum absolute atomic E-state index is 0.0173. The van der Waals surface area contributed by atoms with Gasteiger partial charge in [-0.15, -0.1) is 0 Å². The van der Waals surface area contributed by atoms with Gasteiger partial charge in [-0.25, -0.2) is 4.79 Å². The van der Waals surface area contributed by atoms with Gasteiger partial charge in [0.25, 0.3) is 5.56 Å². The number of rotatable bonds is 5. The Labute approximate surface area is 147 Å². The summed E-state index contributed by atoms with van der Waals surface area (Å²) in [6.45, 7) is 2.99. The fourth-order valence-corrected chi connectivity index (χ4v) is 2.76. The summed E-state index contributed by atoms with van der Waals surface area (Å²) in [5.41, 5.74) is 1.09. The minimum atomic E-state index is -0.568. The largest absolute Gasteiger partial charge is 0.378 e. The van der Waals surface area contributed by atoms with E-state index in [2.05, 4.69) is 0 Å². The molecule has 0 aliphatic heterocycles. The Balaban J connectivity index is 2.50. The lowest BCUT2D eigenvalue weighted by Crippen LogP contribution is -2.42. The molecule has 0 saturated heterocycles. The number of hydrogen-bond donors (Lipinski definition) is 0. The first-order chi connectivity index (χ1) is 11.8. The second kappa shape index (κ2) is 7.26. The van der Waals surface area contributed by atoms with Gasteiger partial charge in [0.2, 0.25) is 0 Å². The van der Waals surface area contributed by atoms with Gasteiger partial charge in [0.15, 0.2) is 5.56 Å². The van der Waals surface area contributed by atoms with E-state index in [4.69, 9.17) is 0 Å². The van der Waals surface area contributed by atoms with Crippen LogP contribution in [-0.4, -0.2) is 29.8 Å². The van der Waals surface area contributed by atoms with Crippen LogP contribution >= 0.6 is 0 Å². The van der Waals surface area contributed by atoms with Crippen molar-refractivity contribution in [3.8, 4) is 6.07 Å². The molecule has 2 aromatic rings. The van der Waals surface area contributed by atoms with Gasteiger partial charge >= 0.3 is 5.69 Å². The molecule has 0 N–H and O–H groups in total. The van der Waals surface area contributed by atoms with E-state index < -0.39 is 11.2 Å². The van der Waals surface area contributed by atoms with Crippen molar-refractivity contribution in [2.45, 2.75) is 13.5 Å². The van der Waals surface area contributed by atoms with Crippen molar-refractivity contribution >= 4 is 11.5 Å². The van der Waals surface area contributed by atoms with Gasteiger partial charge in [-0.2, -0.15) is 5.26 Å². The smallest absolute Gasteiger partial charge is 0.332 e. The summed E-state index contributed by atoms with van der Waals surface area (Å²) in [5.74, 6) is 0.356. The predicted molar refractivity (Wildman–Crippen MR) is 99.1 cm³/mol. The van der Waals surface area contributed by atoms with Crippen molar-refractivity contribution in [1.29, 1.82) is 5.26 Å². The van der Waals surface area contributed by atoms with Gasteiger partial charge in [0, 0.05) is 47.0 Å². The van der Waals surface area contributed by atoms with Crippen LogP contribution in [0, 0.1) is 11.3 Å². The van der Waals surface area contributed by atoms with Gasteiger partial charge in [-0.3, -0.25) is 13.9 Å². The SMILES string of the molecule is CCN(Cc1ccc(N(C)C)cc1)c1c(C#N)c(=O)n(C)c(=O)n1C. The third-order valence-corrected chi connectivity index (χ3v) is 4.25. The quantitative estimate of drug-likeness (QED) is 0.813. The van der Waals surface area contributed by atoms with E-state index in [0.717, 1.165) is 15.8 Å². The molecule has 25 heavy (non-hydrogen) atoms. The molecule has 1 heterocycles. The fraction of sp³-hybridized carbons (Fsp3) is 0.389. The van der Waals surface area contributed by atoms with Crippen LogP contribution in [0.1, 0.15) is 18.1 Å². The first-order valence-corrected chi connectivity index (χ1v) is 8.03. The molecule has 0 bridgehead atoms. The lowest BCUT2D eigenvalue weighted by atomic mass is 10.1. The molecular weight excluding hydrogens is 318 g/mol. The molecule has 0 aliphatic carbocycles. The Hall–Kier alpha value is -3.01. The van der Waals surface area contributed by atoms with Gasteiger partial charge in [0.05, 0.1) is 0 Å². The summed E-state index contributed by atoms with van der Waals surface area (Å²) < 4.78 is 2.32. The van der Waals surface area contributed by atoms with Crippen molar-refractivity contribution in [3.05, 3.63) is 56.2 Å². The molecule has 0 fully saturated rings. The van der Waals surface area contributed by atoms with E-state index in [0.29, 0.717) is 18.9 Å². The number of hydrogen-bond acceptors (Lipinski definition) is 5. The lowest BCUT2D eigenvalue weighted by molar-refractivity contribution is 0.656. The van der Waals surface area contributed by atoms with Crippen molar-refractivity contribution in [3.63, 3.8) is 0 Å². The highest BCUT2D eigenvalue weighted by Gasteiger charge is 2.20.